The molecule has 2 amide bonds. The number of halogens is 1. The van der Waals surface area contributed by atoms with Crippen LogP contribution < -0.4 is 5.32 Å². The van der Waals surface area contributed by atoms with Gasteiger partial charge in [-0.3, -0.25) is 14.5 Å². The predicted octanol–water partition coefficient (Wildman–Crippen LogP) is 0.308. The number of nitrogens with one attached hydrogen (secondary N) is 1. The fraction of sp³-hybridized carbons (Fsp3) is 0.692. The van der Waals surface area contributed by atoms with Gasteiger partial charge in [0.15, 0.2) is 0 Å². The summed E-state index contributed by atoms with van der Waals surface area (Å²) in [5.74, 6) is 0.312. The van der Waals surface area contributed by atoms with Gasteiger partial charge >= 0.3 is 0 Å². The SMILES string of the molecule is C=CCNC(=O)CN1CCN(C(=O)C(C)CCl)CC1. The second kappa shape index (κ2) is 8.17. The Balaban J connectivity index is 2.30. The van der Waals surface area contributed by atoms with E-state index >= 15 is 0 Å². The number of alkyl halides is 1. The van der Waals surface area contributed by atoms with Crippen molar-refractivity contribution in [2.24, 2.45) is 5.92 Å². The predicted molar refractivity (Wildman–Crippen MR) is 76.1 cm³/mol. The summed E-state index contributed by atoms with van der Waals surface area (Å²) in [6.45, 7) is 9.03. The molecule has 0 radical (unpaired) electrons. The van der Waals surface area contributed by atoms with Crippen LogP contribution >= 0.6 is 11.6 Å². The summed E-state index contributed by atoms with van der Waals surface area (Å²) in [7, 11) is 0. The molecule has 1 unspecified atom stereocenters. The molecular formula is C13H22ClN3O2. The maximum atomic E-state index is 11.9. The molecule has 1 atom stereocenters. The van der Waals surface area contributed by atoms with Crippen molar-refractivity contribution >= 4 is 23.4 Å². The van der Waals surface area contributed by atoms with Crippen LogP contribution in [0, 0.1) is 5.92 Å². The summed E-state index contributed by atoms with van der Waals surface area (Å²) in [4.78, 5) is 27.3. The number of carbonyl (C=O) groups excluding carboxylic acids is 2. The van der Waals surface area contributed by atoms with Gasteiger partial charge < -0.3 is 10.2 Å². The summed E-state index contributed by atoms with van der Waals surface area (Å²) < 4.78 is 0. The molecule has 6 heteroatoms. The van der Waals surface area contributed by atoms with Gasteiger partial charge in [0.25, 0.3) is 0 Å². The Labute approximate surface area is 119 Å². The van der Waals surface area contributed by atoms with E-state index in [0.29, 0.717) is 32.1 Å². The van der Waals surface area contributed by atoms with Crippen molar-refractivity contribution in [1.82, 2.24) is 15.1 Å². The van der Waals surface area contributed by atoms with E-state index in [1.807, 2.05) is 16.7 Å². The topological polar surface area (TPSA) is 52.7 Å². The number of hydrogen-bond donors (Lipinski definition) is 1. The monoisotopic (exact) mass is 287 g/mol. The van der Waals surface area contributed by atoms with Crippen molar-refractivity contribution in [1.29, 1.82) is 0 Å². The lowest BCUT2D eigenvalue weighted by molar-refractivity contribution is -0.136. The van der Waals surface area contributed by atoms with Gasteiger partial charge in [-0.15, -0.1) is 18.2 Å². The number of hydrogen-bond acceptors (Lipinski definition) is 3. The third-order valence-electron chi connectivity index (χ3n) is 3.15. The molecule has 1 rings (SSSR count). The molecule has 1 N–H and O–H groups in total. The van der Waals surface area contributed by atoms with E-state index in [2.05, 4.69) is 11.9 Å². The van der Waals surface area contributed by atoms with Crippen LogP contribution in [0.2, 0.25) is 0 Å². The normalized spacial score (nSPS) is 17.9. The molecule has 1 saturated heterocycles. The Kier molecular flexibility index (Phi) is 6.87. The molecule has 0 saturated carbocycles. The van der Waals surface area contributed by atoms with E-state index in [4.69, 9.17) is 11.6 Å². The molecule has 0 aliphatic carbocycles. The molecule has 108 valence electrons. The fourth-order valence-corrected chi connectivity index (χ4v) is 2.08. The number of amides is 2. The van der Waals surface area contributed by atoms with Gasteiger partial charge in [-0.25, -0.2) is 0 Å². The largest absolute Gasteiger partial charge is 0.352 e. The summed E-state index contributed by atoms with van der Waals surface area (Å²) in [6, 6.07) is 0. The van der Waals surface area contributed by atoms with Crippen molar-refractivity contribution < 1.29 is 9.59 Å². The zero-order valence-corrected chi connectivity index (χ0v) is 12.2. The minimum atomic E-state index is -0.135. The van der Waals surface area contributed by atoms with E-state index in [-0.39, 0.29) is 17.7 Å². The molecule has 0 aromatic heterocycles. The van der Waals surface area contributed by atoms with Crippen molar-refractivity contribution in [3.8, 4) is 0 Å². The Morgan fingerprint density at radius 1 is 1.37 bits per heavy atom. The van der Waals surface area contributed by atoms with Gasteiger partial charge in [0, 0.05) is 44.5 Å². The van der Waals surface area contributed by atoms with Crippen molar-refractivity contribution in [2.75, 3.05) is 45.1 Å². The minimum absolute atomic E-state index is 0.00574. The molecule has 1 fully saturated rings. The highest BCUT2D eigenvalue weighted by molar-refractivity contribution is 6.19. The van der Waals surface area contributed by atoms with E-state index in [0.717, 1.165) is 13.1 Å². The minimum Gasteiger partial charge on any atom is -0.352 e. The highest BCUT2D eigenvalue weighted by Gasteiger charge is 2.24. The molecule has 1 aliphatic rings. The number of carbonyl (C=O) groups is 2. The van der Waals surface area contributed by atoms with Crippen LogP contribution in [0.3, 0.4) is 0 Å². The van der Waals surface area contributed by atoms with Crippen molar-refractivity contribution in [3.05, 3.63) is 12.7 Å². The van der Waals surface area contributed by atoms with Crippen LogP contribution in [-0.2, 0) is 9.59 Å². The standard InChI is InChI=1S/C13H22ClN3O2/c1-3-4-15-12(18)10-16-5-7-17(8-6-16)13(19)11(2)9-14/h3,11H,1,4-10H2,2H3,(H,15,18). The Morgan fingerprint density at radius 2 is 2.00 bits per heavy atom. The number of nitrogens with zero attached hydrogens (tertiary/aromatic N) is 2. The first kappa shape index (κ1) is 16.0. The van der Waals surface area contributed by atoms with Crippen LogP contribution in [0.25, 0.3) is 0 Å². The molecule has 19 heavy (non-hydrogen) atoms. The van der Waals surface area contributed by atoms with Gasteiger partial charge in [-0.2, -0.15) is 0 Å². The summed E-state index contributed by atoms with van der Waals surface area (Å²) in [5, 5.41) is 2.74. The second-order valence-electron chi connectivity index (χ2n) is 4.75. The van der Waals surface area contributed by atoms with Crippen LogP contribution in [-0.4, -0.2) is 66.8 Å². The van der Waals surface area contributed by atoms with Gasteiger partial charge in [-0.1, -0.05) is 13.0 Å². The molecule has 0 aromatic rings. The average Bonchev–Trinajstić information content (AvgIpc) is 2.44. The van der Waals surface area contributed by atoms with Gasteiger partial charge in [0.2, 0.25) is 11.8 Å². The fourth-order valence-electron chi connectivity index (χ4n) is 1.95. The van der Waals surface area contributed by atoms with E-state index in [1.165, 1.54) is 0 Å². The van der Waals surface area contributed by atoms with Gasteiger partial charge in [0.05, 0.1) is 6.54 Å². The maximum Gasteiger partial charge on any atom is 0.234 e. The van der Waals surface area contributed by atoms with Crippen LogP contribution in [0.5, 0.6) is 0 Å². The lowest BCUT2D eigenvalue weighted by Gasteiger charge is -2.35. The van der Waals surface area contributed by atoms with E-state index < -0.39 is 0 Å². The molecule has 1 heterocycles. The van der Waals surface area contributed by atoms with E-state index in [9.17, 15) is 9.59 Å². The Bertz CT molecular complexity index is 328. The lowest BCUT2D eigenvalue weighted by atomic mass is 10.1. The molecule has 0 spiro atoms. The van der Waals surface area contributed by atoms with Crippen LogP contribution in [0.15, 0.2) is 12.7 Å². The third kappa shape index (κ3) is 5.20. The maximum absolute atomic E-state index is 11.9. The summed E-state index contributed by atoms with van der Waals surface area (Å²) >= 11 is 5.69. The molecular weight excluding hydrogens is 266 g/mol. The lowest BCUT2D eigenvalue weighted by Crippen LogP contribution is -2.52. The first-order valence-corrected chi connectivity index (χ1v) is 7.06. The molecule has 0 bridgehead atoms. The zero-order chi connectivity index (χ0) is 14.3. The Morgan fingerprint density at radius 3 is 2.53 bits per heavy atom. The number of rotatable bonds is 6. The zero-order valence-electron chi connectivity index (χ0n) is 11.4. The average molecular weight is 288 g/mol. The third-order valence-corrected chi connectivity index (χ3v) is 3.61. The van der Waals surface area contributed by atoms with Crippen molar-refractivity contribution in [3.63, 3.8) is 0 Å². The van der Waals surface area contributed by atoms with Crippen LogP contribution in [0.1, 0.15) is 6.92 Å². The smallest absolute Gasteiger partial charge is 0.234 e. The summed E-state index contributed by atoms with van der Waals surface area (Å²) in [6.07, 6.45) is 1.65. The number of piperazine rings is 1. The first-order valence-electron chi connectivity index (χ1n) is 6.53. The first-order chi connectivity index (χ1) is 9.08. The van der Waals surface area contributed by atoms with Gasteiger partial charge in [0.1, 0.15) is 0 Å². The van der Waals surface area contributed by atoms with Crippen molar-refractivity contribution in [2.45, 2.75) is 6.92 Å². The molecule has 5 nitrogen and oxygen atoms in total. The second-order valence-corrected chi connectivity index (χ2v) is 5.06. The van der Waals surface area contributed by atoms with E-state index in [1.54, 1.807) is 6.08 Å². The van der Waals surface area contributed by atoms with Crippen LogP contribution in [0.4, 0.5) is 0 Å². The molecule has 1 aliphatic heterocycles. The van der Waals surface area contributed by atoms with Gasteiger partial charge in [-0.05, 0) is 0 Å². The quantitative estimate of drug-likeness (QED) is 0.565. The molecule has 0 aromatic carbocycles. The highest BCUT2D eigenvalue weighted by atomic mass is 35.5. The highest BCUT2D eigenvalue weighted by Crippen LogP contribution is 2.08. The summed E-state index contributed by atoms with van der Waals surface area (Å²) in [5.41, 5.74) is 0. The Hall–Kier alpha value is -1.07.